The molecule has 1 fully saturated rings. The van der Waals surface area contributed by atoms with Gasteiger partial charge in [-0.3, -0.25) is 4.79 Å². The Morgan fingerprint density at radius 2 is 1.97 bits per heavy atom. The molecule has 0 saturated heterocycles. The van der Waals surface area contributed by atoms with Crippen LogP contribution in [0.25, 0.3) is 0 Å². The van der Waals surface area contributed by atoms with E-state index in [2.05, 4.69) is 28.9 Å². The topological polar surface area (TPSA) is 74.8 Å². The lowest BCUT2D eigenvalue weighted by atomic mass is 10.1. The summed E-state index contributed by atoms with van der Waals surface area (Å²) in [6.07, 6.45) is 3.36. The van der Waals surface area contributed by atoms with Crippen LogP contribution in [0, 0.1) is 5.92 Å². The molecule has 6 nitrogen and oxygen atoms in total. The quantitative estimate of drug-likeness (QED) is 0.417. The summed E-state index contributed by atoms with van der Waals surface area (Å²) in [5, 5.41) is 9.33. The van der Waals surface area contributed by atoms with Gasteiger partial charge in [-0.15, -0.1) is 0 Å². The number of carbonyl (C=O) groups excluding carboxylic acids is 1. The molecule has 2 aromatic rings. The summed E-state index contributed by atoms with van der Waals surface area (Å²) in [7, 11) is 1.64. The zero-order valence-corrected chi connectivity index (χ0v) is 17.9. The number of hydrogen-bond acceptors (Lipinski definition) is 3. The molecular weight excluding hydrogens is 376 g/mol. The lowest BCUT2D eigenvalue weighted by molar-refractivity contribution is 0.0963. The Morgan fingerprint density at radius 3 is 2.73 bits per heavy atom. The van der Waals surface area contributed by atoms with Crippen LogP contribution in [-0.2, 0) is 13.0 Å². The number of nitrogens with zero attached hydrogens (tertiary/aromatic N) is 1. The van der Waals surface area contributed by atoms with E-state index in [0.29, 0.717) is 12.1 Å². The SMILES string of the molecule is CCNC(=NCc1ccccc1OCC1CC1)NCCc1cccc(C(=O)NC)c1. The summed E-state index contributed by atoms with van der Waals surface area (Å²) >= 11 is 0. The molecule has 0 heterocycles. The number of amides is 1. The van der Waals surface area contributed by atoms with Gasteiger partial charge in [-0.1, -0.05) is 30.3 Å². The van der Waals surface area contributed by atoms with Crippen molar-refractivity contribution in [3.8, 4) is 5.75 Å². The van der Waals surface area contributed by atoms with E-state index in [1.54, 1.807) is 7.05 Å². The van der Waals surface area contributed by atoms with Gasteiger partial charge in [0.2, 0.25) is 0 Å². The molecule has 0 aliphatic heterocycles. The molecule has 1 saturated carbocycles. The van der Waals surface area contributed by atoms with Gasteiger partial charge < -0.3 is 20.7 Å². The number of carbonyl (C=O) groups is 1. The van der Waals surface area contributed by atoms with E-state index in [1.807, 2.05) is 42.5 Å². The smallest absolute Gasteiger partial charge is 0.251 e. The minimum absolute atomic E-state index is 0.0673. The van der Waals surface area contributed by atoms with Gasteiger partial charge in [-0.2, -0.15) is 0 Å². The molecule has 0 aromatic heterocycles. The standard InChI is InChI=1S/C24H32N4O2/c1-3-26-24(27-14-13-18-7-6-9-20(15-18)23(29)25-2)28-16-21-8-4-5-10-22(21)30-17-19-11-12-19/h4-10,15,19H,3,11-14,16-17H2,1-2H3,(H,25,29)(H2,26,27,28). The maximum absolute atomic E-state index is 11.8. The number of rotatable bonds is 10. The first-order valence-electron chi connectivity index (χ1n) is 10.7. The molecule has 1 amide bonds. The minimum Gasteiger partial charge on any atom is -0.493 e. The molecule has 1 aliphatic rings. The molecule has 0 bridgehead atoms. The normalized spacial score (nSPS) is 13.6. The molecule has 0 atom stereocenters. The molecule has 160 valence electrons. The Kier molecular flexibility index (Phi) is 8.12. The van der Waals surface area contributed by atoms with Gasteiger partial charge in [-0.05, 0) is 55.9 Å². The van der Waals surface area contributed by atoms with Crippen molar-refractivity contribution in [3.63, 3.8) is 0 Å². The average Bonchev–Trinajstić information content (AvgIpc) is 3.61. The molecule has 0 radical (unpaired) electrons. The van der Waals surface area contributed by atoms with Crippen molar-refractivity contribution in [1.82, 2.24) is 16.0 Å². The van der Waals surface area contributed by atoms with Crippen LogP contribution >= 0.6 is 0 Å². The first kappa shape index (κ1) is 21.7. The molecule has 30 heavy (non-hydrogen) atoms. The Balaban J connectivity index is 1.55. The van der Waals surface area contributed by atoms with Crippen LogP contribution < -0.4 is 20.7 Å². The van der Waals surface area contributed by atoms with E-state index in [1.165, 1.54) is 12.8 Å². The van der Waals surface area contributed by atoms with Crippen LogP contribution in [0.2, 0.25) is 0 Å². The van der Waals surface area contributed by atoms with Crippen LogP contribution in [0.3, 0.4) is 0 Å². The maximum Gasteiger partial charge on any atom is 0.251 e. The molecule has 3 rings (SSSR count). The molecular formula is C24H32N4O2. The second-order valence-corrected chi connectivity index (χ2v) is 7.51. The Labute approximate surface area is 179 Å². The first-order valence-corrected chi connectivity index (χ1v) is 10.7. The predicted molar refractivity (Wildman–Crippen MR) is 121 cm³/mol. The molecule has 0 unspecified atom stereocenters. The average molecular weight is 409 g/mol. The fourth-order valence-electron chi connectivity index (χ4n) is 3.11. The Bertz CT molecular complexity index is 862. The molecule has 3 N–H and O–H groups in total. The Morgan fingerprint density at radius 1 is 1.13 bits per heavy atom. The lowest BCUT2D eigenvalue weighted by Crippen LogP contribution is -2.38. The van der Waals surface area contributed by atoms with Crippen molar-refractivity contribution in [1.29, 1.82) is 0 Å². The molecule has 1 aliphatic carbocycles. The van der Waals surface area contributed by atoms with E-state index < -0.39 is 0 Å². The predicted octanol–water partition coefficient (Wildman–Crippen LogP) is 3.13. The fraction of sp³-hybridized carbons (Fsp3) is 0.417. The van der Waals surface area contributed by atoms with E-state index in [4.69, 9.17) is 9.73 Å². The third-order valence-corrected chi connectivity index (χ3v) is 5.02. The molecule has 6 heteroatoms. The zero-order valence-electron chi connectivity index (χ0n) is 17.9. The van der Waals surface area contributed by atoms with E-state index in [0.717, 1.165) is 54.9 Å². The van der Waals surface area contributed by atoms with E-state index in [-0.39, 0.29) is 5.91 Å². The number of benzene rings is 2. The van der Waals surface area contributed by atoms with Gasteiger partial charge in [0.15, 0.2) is 5.96 Å². The zero-order chi connectivity index (χ0) is 21.2. The number of guanidine groups is 1. The number of ether oxygens (including phenoxy) is 1. The van der Waals surface area contributed by atoms with Gasteiger partial charge in [-0.25, -0.2) is 4.99 Å². The van der Waals surface area contributed by atoms with E-state index in [9.17, 15) is 4.79 Å². The summed E-state index contributed by atoms with van der Waals surface area (Å²) in [6, 6.07) is 15.8. The van der Waals surface area contributed by atoms with Crippen molar-refractivity contribution in [3.05, 3.63) is 65.2 Å². The van der Waals surface area contributed by atoms with Crippen molar-refractivity contribution in [2.24, 2.45) is 10.9 Å². The van der Waals surface area contributed by atoms with Crippen LogP contribution in [0.1, 0.15) is 41.3 Å². The van der Waals surface area contributed by atoms with Gasteiger partial charge in [0.1, 0.15) is 5.75 Å². The van der Waals surface area contributed by atoms with Crippen molar-refractivity contribution in [2.75, 3.05) is 26.7 Å². The fourth-order valence-corrected chi connectivity index (χ4v) is 3.11. The summed E-state index contributed by atoms with van der Waals surface area (Å²) in [5.41, 5.74) is 2.88. The number of hydrogen-bond donors (Lipinski definition) is 3. The third kappa shape index (κ3) is 6.79. The minimum atomic E-state index is -0.0673. The second-order valence-electron chi connectivity index (χ2n) is 7.51. The summed E-state index contributed by atoms with van der Waals surface area (Å²) < 4.78 is 5.99. The Hall–Kier alpha value is -3.02. The van der Waals surface area contributed by atoms with Crippen molar-refractivity contribution >= 4 is 11.9 Å². The summed E-state index contributed by atoms with van der Waals surface area (Å²) in [6.45, 7) is 4.92. The molecule has 0 spiro atoms. The summed E-state index contributed by atoms with van der Waals surface area (Å²) in [4.78, 5) is 16.5. The summed E-state index contributed by atoms with van der Waals surface area (Å²) in [5.74, 6) is 2.36. The highest BCUT2D eigenvalue weighted by Gasteiger charge is 2.22. The number of nitrogens with one attached hydrogen (secondary N) is 3. The highest BCUT2D eigenvalue weighted by molar-refractivity contribution is 5.94. The first-order chi connectivity index (χ1) is 14.7. The molecule has 2 aromatic carbocycles. The van der Waals surface area contributed by atoms with Gasteiger partial charge >= 0.3 is 0 Å². The number of para-hydroxylation sites is 1. The van der Waals surface area contributed by atoms with Crippen LogP contribution in [0.15, 0.2) is 53.5 Å². The van der Waals surface area contributed by atoms with Gasteiger partial charge in [0.25, 0.3) is 5.91 Å². The van der Waals surface area contributed by atoms with Crippen LogP contribution in [0.4, 0.5) is 0 Å². The maximum atomic E-state index is 11.8. The number of aliphatic imine (C=N–C) groups is 1. The van der Waals surface area contributed by atoms with Crippen molar-refractivity contribution in [2.45, 2.75) is 32.7 Å². The highest BCUT2D eigenvalue weighted by atomic mass is 16.5. The van der Waals surface area contributed by atoms with Gasteiger partial charge in [0, 0.05) is 31.3 Å². The van der Waals surface area contributed by atoms with Gasteiger partial charge in [0.05, 0.1) is 13.2 Å². The van der Waals surface area contributed by atoms with Crippen LogP contribution in [0.5, 0.6) is 5.75 Å². The second kappa shape index (κ2) is 11.2. The van der Waals surface area contributed by atoms with E-state index >= 15 is 0 Å². The lowest BCUT2D eigenvalue weighted by Gasteiger charge is -2.13. The third-order valence-electron chi connectivity index (χ3n) is 5.02. The van der Waals surface area contributed by atoms with Crippen LogP contribution in [-0.4, -0.2) is 38.6 Å². The largest absolute Gasteiger partial charge is 0.493 e. The monoisotopic (exact) mass is 408 g/mol. The van der Waals surface area contributed by atoms with Crippen molar-refractivity contribution < 1.29 is 9.53 Å². The highest BCUT2D eigenvalue weighted by Crippen LogP contribution is 2.30.